The van der Waals surface area contributed by atoms with Crippen molar-refractivity contribution in [2.24, 2.45) is 0 Å². The number of hydrogen-bond acceptors (Lipinski definition) is 4. The number of anilines is 1. The molecule has 0 fully saturated rings. The molecule has 0 saturated heterocycles. The molecule has 0 N–H and O–H groups in total. The monoisotopic (exact) mass is 361 g/mol. The molecule has 2 aromatic rings. The van der Waals surface area contributed by atoms with Crippen molar-refractivity contribution < 1.29 is 14.3 Å². The number of carbonyl (C=O) groups is 2. The van der Waals surface area contributed by atoms with Gasteiger partial charge in [-0.1, -0.05) is 23.7 Å². The van der Waals surface area contributed by atoms with E-state index in [1.54, 1.807) is 62.3 Å². The lowest BCUT2D eigenvalue weighted by Crippen LogP contribution is -2.28. The highest BCUT2D eigenvalue weighted by molar-refractivity contribution is 7.99. The molecule has 24 heavy (non-hydrogen) atoms. The fraction of sp³-hybridized carbons (Fsp3) is 0.222. The summed E-state index contributed by atoms with van der Waals surface area (Å²) in [6, 6.07) is 10.4. The maximum absolute atomic E-state index is 13.0. The quantitative estimate of drug-likeness (QED) is 0.817. The van der Waals surface area contributed by atoms with Crippen LogP contribution in [0.5, 0.6) is 5.75 Å². The lowest BCUT2D eigenvalue weighted by atomic mass is 10.0. The van der Waals surface area contributed by atoms with Crippen LogP contribution in [0.4, 0.5) is 5.69 Å². The summed E-state index contributed by atoms with van der Waals surface area (Å²) < 4.78 is 5.33. The molecule has 0 aromatic heterocycles. The highest BCUT2D eigenvalue weighted by Gasteiger charge is 2.26. The Balaban J connectivity index is 2.03. The number of ether oxygens (including phenoxy) is 1. The molecule has 1 aliphatic rings. The van der Waals surface area contributed by atoms with Crippen LogP contribution >= 0.6 is 23.4 Å². The minimum atomic E-state index is -0.199. The van der Waals surface area contributed by atoms with Crippen LogP contribution in [0.2, 0.25) is 5.02 Å². The van der Waals surface area contributed by atoms with Crippen LogP contribution in [-0.2, 0) is 0 Å². The number of benzene rings is 2. The number of nitrogens with zero attached hydrogens (tertiary/aromatic N) is 1. The third kappa shape index (κ3) is 3.01. The Morgan fingerprint density at radius 1 is 1.29 bits per heavy atom. The molecule has 0 bridgehead atoms. The lowest BCUT2D eigenvalue weighted by Gasteiger charge is -2.23. The zero-order valence-corrected chi connectivity index (χ0v) is 14.9. The fourth-order valence-corrected chi connectivity index (χ4v) is 3.98. The molecule has 4 nitrogen and oxygen atoms in total. The number of ketones is 1. The molecule has 3 rings (SSSR count). The molecule has 0 unspecified atom stereocenters. The van der Waals surface area contributed by atoms with E-state index in [0.717, 1.165) is 4.90 Å². The summed E-state index contributed by atoms with van der Waals surface area (Å²) in [5.41, 5.74) is 1.73. The zero-order chi connectivity index (χ0) is 17.3. The van der Waals surface area contributed by atoms with Gasteiger partial charge < -0.3 is 9.64 Å². The average molecular weight is 362 g/mol. The van der Waals surface area contributed by atoms with Crippen LogP contribution in [-0.4, -0.2) is 31.6 Å². The number of fused-ring (bicyclic) bond motifs is 1. The Hall–Kier alpha value is -1.98. The van der Waals surface area contributed by atoms with E-state index in [1.807, 2.05) is 0 Å². The van der Waals surface area contributed by atoms with E-state index < -0.39 is 0 Å². The highest BCUT2D eigenvalue weighted by Crippen LogP contribution is 2.36. The molecule has 124 valence electrons. The maximum atomic E-state index is 13.0. The first-order chi connectivity index (χ1) is 11.5. The molecular weight excluding hydrogens is 346 g/mol. The van der Waals surface area contributed by atoms with Gasteiger partial charge in [0, 0.05) is 34.7 Å². The van der Waals surface area contributed by atoms with Crippen molar-refractivity contribution in [3.63, 3.8) is 0 Å². The first kappa shape index (κ1) is 16.9. The van der Waals surface area contributed by atoms with Gasteiger partial charge in [0.25, 0.3) is 5.91 Å². The lowest BCUT2D eigenvalue weighted by molar-refractivity contribution is 0.0983. The standard InChI is InChI=1S/C18H16ClNO3S/c1-20(14-10-11(19)6-7-16(14)23-2)18(22)13-5-3-4-12-15(21)8-9-24-17(12)13/h3-7,10H,8-9H2,1-2H3. The number of Topliss-reactive ketones (excluding diaryl/α,β-unsaturated/α-hetero) is 1. The van der Waals surface area contributed by atoms with Crippen LogP contribution in [0.1, 0.15) is 27.1 Å². The summed E-state index contributed by atoms with van der Waals surface area (Å²) in [5.74, 6) is 1.14. The number of thioether (sulfide) groups is 1. The van der Waals surface area contributed by atoms with Gasteiger partial charge in [-0.3, -0.25) is 9.59 Å². The summed E-state index contributed by atoms with van der Waals surface area (Å²) in [6.07, 6.45) is 0.507. The average Bonchev–Trinajstić information content (AvgIpc) is 2.60. The third-order valence-electron chi connectivity index (χ3n) is 3.93. The van der Waals surface area contributed by atoms with Gasteiger partial charge in [-0.2, -0.15) is 0 Å². The second kappa shape index (κ2) is 6.87. The molecule has 0 aliphatic carbocycles. The Kier molecular flexibility index (Phi) is 4.83. The van der Waals surface area contributed by atoms with Crippen molar-refractivity contribution >= 4 is 40.7 Å². The number of rotatable bonds is 3. The van der Waals surface area contributed by atoms with Crippen molar-refractivity contribution in [1.29, 1.82) is 0 Å². The summed E-state index contributed by atoms with van der Waals surface area (Å²) in [6.45, 7) is 0. The van der Waals surface area contributed by atoms with Crippen molar-refractivity contribution in [3.05, 3.63) is 52.5 Å². The van der Waals surface area contributed by atoms with E-state index >= 15 is 0 Å². The molecule has 0 saturated carbocycles. The van der Waals surface area contributed by atoms with Crippen molar-refractivity contribution in [3.8, 4) is 5.75 Å². The van der Waals surface area contributed by atoms with Crippen LogP contribution in [0.3, 0.4) is 0 Å². The summed E-state index contributed by atoms with van der Waals surface area (Å²) in [4.78, 5) is 27.3. The van der Waals surface area contributed by atoms with Gasteiger partial charge in [0.15, 0.2) is 5.78 Å². The smallest absolute Gasteiger partial charge is 0.259 e. The zero-order valence-electron chi connectivity index (χ0n) is 13.3. The van der Waals surface area contributed by atoms with E-state index in [0.29, 0.717) is 39.8 Å². The topological polar surface area (TPSA) is 46.6 Å². The summed E-state index contributed by atoms with van der Waals surface area (Å²) in [7, 11) is 3.22. The van der Waals surface area contributed by atoms with Crippen molar-refractivity contribution in [1.82, 2.24) is 0 Å². The molecule has 1 amide bonds. The number of hydrogen-bond donors (Lipinski definition) is 0. The molecular formula is C18H16ClNO3S. The molecule has 2 aromatic carbocycles. The Bertz CT molecular complexity index is 822. The first-order valence-electron chi connectivity index (χ1n) is 7.43. The summed E-state index contributed by atoms with van der Waals surface area (Å²) >= 11 is 7.61. The predicted molar refractivity (Wildman–Crippen MR) is 96.9 cm³/mol. The molecule has 1 aliphatic heterocycles. The third-order valence-corrected chi connectivity index (χ3v) is 5.30. The van der Waals surface area contributed by atoms with Crippen molar-refractivity contribution in [2.45, 2.75) is 11.3 Å². The second-order valence-corrected chi connectivity index (χ2v) is 6.93. The van der Waals surface area contributed by atoms with Gasteiger partial charge in [0.1, 0.15) is 5.75 Å². The number of halogens is 1. The maximum Gasteiger partial charge on any atom is 0.259 e. The highest BCUT2D eigenvalue weighted by atomic mass is 35.5. The largest absolute Gasteiger partial charge is 0.495 e. The van der Waals surface area contributed by atoms with Gasteiger partial charge >= 0.3 is 0 Å². The number of methoxy groups -OCH3 is 1. The Morgan fingerprint density at radius 3 is 2.83 bits per heavy atom. The number of carbonyl (C=O) groups excluding carboxylic acids is 2. The van der Waals surface area contributed by atoms with E-state index in [4.69, 9.17) is 16.3 Å². The molecule has 0 radical (unpaired) electrons. The van der Waals surface area contributed by atoms with E-state index in [-0.39, 0.29) is 11.7 Å². The normalized spacial score (nSPS) is 13.4. The number of amides is 1. The van der Waals surface area contributed by atoms with Crippen LogP contribution in [0.15, 0.2) is 41.3 Å². The molecule has 1 heterocycles. The van der Waals surface area contributed by atoms with Gasteiger partial charge in [-0.05, 0) is 24.3 Å². The van der Waals surface area contributed by atoms with Crippen molar-refractivity contribution in [2.75, 3.05) is 24.8 Å². The molecule has 0 spiro atoms. The fourth-order valence-electron chi connectivity index (χ4n) is 2.68. The minimum Gasteiger partial charge on any atom is -0.495 e. The SMILES string of the molecule is COc1ccc(Cl)cc1N(C)C(=O)c1cccc2c1SCCC2=O. The van der Waals surface area contributed by atoms with Gasteiger partial charge in [-0.25, -0.2) is 0 Å². The molecule has 6 heteroatoms. The summed E-state index contributed by atoms with van der Waals surface area (Å²) in [5, 5.41) is 0.519. The minimum absolute atomic E-state index is 0.0846. The second-order valence-electron chi connectivity index (χ2n) is 5.38. The molecule has 0 atom stereocenters. The van der Waals surface area contributed by atoms with Crippen LogP contribution in [0, 0.1) is 0 Å². The van der Waals surface area contributed by atoms with Crippen LogP contribution < -0.4 is 9.64 Å². The van der Waals surface area contributed by atoms with E-state index in [2.05, 4.69) is 0 Å². The Labute approximate surface area is 149 Å². The van der Waals surface area contributed by atoms with E-state index in [1.165, 1.54) is 4.90 Å². The van der Waals surface area contributed by atoms with Crippen LogP contribution in [0.25, 0.3) is 0 Å². The van der Waals surface area contributed by atoms with E-state index in [9.17, 15) is 9.59 Å². The first-order valence-corrected chi connectivity index (χ1v) is 8.80. The van der Waals surface area contributed by atoms with Gasteiger partial charge in [0.2, 0.25) is 0 Å². The Morgan fingerprint density at radius 2 is 2.08 bits per heavy atom. The van der Waals surface area contributed by atoms with Gasteiger partial charge in [0.05, 0.1) is 18.4 Å². The predicted octanol–water partition coefficient (Wildman–Crippen LogP) is 4.30. The van der Waals surface area contributed by atoms with Gasteiger partial charge in [-0.15, -0.1) is 11.8 Å².